The van der Waals surface area contributed by atoms with Gasteiger partial charge in [-0.15, -0.1) is 0 Å². The van der Waals surface area contributed by atoms with E-state index in [-0.39, 0.29) is 29.0 Å². The third-order valence-electron chi connectivity index (χ3n) is 6.65. The van der Waals surface area contributed by atoms with Crippen LogP contribution in [-0.2, 0) is 9.47 Å². The minimum absolute atomic E-state index is 0.0183. The molecule has 40 heavy (non-hydrogen) atoms. The zero-order valence-electron chi connectivity index (χ0n) is 25.0. The Hall–Kier alpha value is -3.21. The topological polar surface area (TPSA) is 108 Å². The van der Waals surface area contributed by atoms with E-state index in [4.69, 9.17) is 9.47 Å². The third-order valence-corrected chi connectivity index (χ3v) is 6.65. The molecular formula is C30H46N6O4. The average molecular weight is 555 g/mol. The van der Waals surface area contributed by atoms with Gasteiger partial charge in [-0.25, -0.2) is 4.79 Å². The Bertz CT molecular complexity index is 1110. The van der Waals surface area contributed by atoms with E-state index >= 15 is 0 Å². The molecule has 10 heteroatoms. The van der Waals surface area contributed by atoms with Gasteiger partial charge >= 0.3 is 6.03 Å². The quantitative estimate of drug-likeness (QED) is 0.387. The summed E-state index contributed by atoms with van der Waals surface area (Å²) < 4.78 is 11.4. The molecule has 0 radical (unpaired) electrons. The first kappa shape index (κ1) is 31.3. The van der Waals surface area contributed by atoms with Gasteiger partial charge in [-0.2, -0.15) is 0 Å². The van der Waals surface area contributed by atoms with E-state index in [2.05, 4.69) is 39.7 Å². The van der Waals surface area contributed by atoms with Gasteiger partial charge in [0.15, 0.2) is 0 Å². The summed E-state index contributed by atoms with van der Waals surface area (Å²) in [6.45, 7) is 14.2. The first-order valence-electron chi connectivity index (χ1n) is 13.8. The summed E-state index contributed by atoms with van der Waals surface area (Å²) in [5.41, 5.74) is 2.48. The first-order chi connectivity index (χ1) is 18.8. The van der Waals surface area contributed by atoms with Crippen molar-refractivity contribution >= 4 is 23.3 Å². The predicted molar refractivity (Wildman–Crippen MR) is 159 cm³/mol. The van der Waals surface area contributed by atoms with Gasteiger partial charge in [0.1, 0.15) is 0 Å². The van der Waals surface area contributed by atoms with Crippen LogP contribution < -0.4 is 20.9 Å². The zero-order valence-corrected chi connectivity index (χ0v) is 25.0. The number of benzene rings is 1. The summed E-state index contributed by atoms with van der Waals surface area (Å²) in [6, 6.07) is 8.96. The van der Waals surface area contributed by atoms with Gasteiger partial charge in [0.2, 0.25) is 0 Å². The number of pyridine rings is 1. The summed E-state index contributed by atoms with van der Waals surface area (Å²) >= 11 is 0. The Morgan fingerprint density at radius 3 is 2.35 bits per heavy atom. The van der Waals surface area contributed by atoms with Crippen molar-refractivity contribution in [1.29, 1.82) is 0 Å². The molecule has 0 aliphatic carbocycles. The van der Waals surface area contributed by atoms with Crippen molar-refractivity contribution in [3.05, 3.63) is 53.9 Å². The van der Waals surface area contributed by atoms with Crippen molar-refractivity contribution < 1.29 is 19.1 Å². The van der Waals surface area contributed by atoms with Crippen LogP contribution in [0.1, 0.15) is 56.6 Å². The number of carbonyl (C=O) groups excluding carboxylic acids is 2. The third kappa shape index (κ3) is 9.76. The van der Waals surface area contributed by atoms with Crippen LogP contribution in [0.15, 0.2) is 42.7 Å². The van der Waals surface area contributed by atoms with E-state index in [9.17, 15) is 9.59 Å². The van der Waals surface area contributed by atoms with Gasteiger partial charge in [0.05, 0.1) is 42.8 Å². The number of carbonyl (C=O) groups is 2. The molecule has 1 atom stereocenters. The minimum atomic E-state index is -0.339. The summed E-state index contributed by atoms with van der Waals surface area (Å²) in [5.74, 6) is -0.203. The number of rotatable bonds is 11. The summed E-state index contributed by atoms with van der Waals surface area (Å²) in [4.78, 5) is 34.5. The average Bonchev–Trinajstić information content (AvgIpc) is 2.91. The standard InChI is InChI=1S/C30H46N6O4/c1-29(2,3)40-21-30(4,5)20-33-27(37)23-8-9-25(36-14-16-39-17-15-36)24(18-23)34-28(38)32-19-26(35(6)7)22-10-12-31-13-11-22/h8-13,18,26H,14-17,19-21H2,1-7H3,(H,33,37)(H2,32,34,38). The Morgan fingerprint density at radius 2 is 1.73 bits per heavy atom. The number of likely N-dealkylation sites (N-methyl/N-ethyl adjacent to an activating group) is 1. The molecule has 3 amide bonds. The molecule has 1 unspecified atom stereocenters. The first-order valence-corrected chi connectivity index (χ1v) is 13.8. The minimum Gasteiger partial charge on any atom is -0.378 e. The van der Waals surface area contributed by atoms with E-state index in [1.807, 2.05) is 58.0 Å². The van der Waals surface area contributed by atoms with Crippen molar-refractivity contribution in [1.82, 2.24) is 20.5 Å². The van der Waals surface area contributed by atoms with E-state index in [0.717, 1.165) is 11.3 Å². The number of amides is 3. The van der Waals surface area contributed by atoms with E-state index in [0.29, 0.717) is 57.3 Å². The Labute approximate surface area is 238 Å². The number of nitrogens with one attached hydrogen (secondary N) is 3. The molecule has 0 spiro atoms. The summed E-state index contributed by atoms with van der Waals surface area (Å²) in [6.07, 6.45) is 3.49. The van der Waals surface area contributed by atoms with Gasteiger partial charge < -0.3 is 35.2 Å². The molecule has 10 nitrogen and oxygen atoms in total. The van der Waals surface area contributed by atoms with E-state index in [1.54, 1.807) is 24.5 Å². The molecule has 0 saturated carbocycles. The Balaban J connectivity index is 1.72. The van der Waals surface area contributed by atoms with Gasteiger partial charge in [0.25, 0.3) is 5.91 Å². The number of nitrogens with zero attached hydrogens (tertiary/aromatic N) is 3. The van der Waals surface area contributed by atoms with Crippen LogP contribution >= 0.6 is 0 Å². The fraction of sp³-hybridized carbons (Fsp3) is 0.567. The summed E-state index contributed by atoms with van der Waals surface area (Å²) in [7, 11) is 3.94. The molecule has 3 N–H and O–H groups in total. The number of urea groups is 1. The molecule has 1 aliphatic rings. The smallest absolute Gasteiger partial charge is 0.319 e. The highest BCUT2D eigenvalue weighted by Crippen LogP contribution is 2.29. The lowest BCUT2D eigenvalue weighted by Crippen LogP contribution is -2.39. The highest BCUT2D eigenvalue weighted by molar-refractivity contribution is 5.99. The maximum atomic E-state index is 13.1. The molecule has 2 aromatic rings. The van der Waals surface area contributed by atoms with Gasteiger partial charge in [0, 0.05) is 49.6 Å². The second kappa shape index (κ2) is 13.9. The number of hydrogen-bond acceptors (Lipinski definition) is 7. The van der Waals surface area contributed by atoms with Crippen LogP contribution in [0.2, 0.25) is 0 Å². The lowest BCUT2D eigenvalue weighted by Gasteiger charge is -2.31. The molecule has 220 valence electrons. The number of anilines is 2. The van der Waals surface area contributed by atoms with Gasteiger partial charge in [-0.05, 0) is 70.8 Å². The Kier molecular flexibility index (Phi) is 10.9. The van der Waals surface area contributed by atoms with Gasteiger partial charge in [-0.3, -0.25) is 9.78 Å². The molecule has 1 saturated heterocycles. The van der Waals surface area contributed by atoms with Crippen LogP contribution in [0.25, 0.3) is 0 Å². The second-order valence-corrected chi connectivity index (χ2v) is 12.2. The largest absolute Gasteiger partial charge is 0.378 e. The number of ether oxygens (including phenoxy) is 2. The highest BCUT2D eigenvalue weighted by atomic mass is 16.5. The lowest BCUT2D eigenvalue weighted by atomic mass is 9.94. The molecule has 1 fully saturated rings. The fourth-order valence-electron chi connectivity index (χ4n) is 4.28. The van der Waals surface area contributed by atoms with Crippen LogP contribution in [0, 0.1) is 5.41 Å². The maximum Gasteiger partial charge on any atom is 0.319 e. The fourth-order valence-corrected chi connectivity index (χ4v) is 4.28. The summed E-state index contributed by atoms with van der Waals surface area (Å²) in [5, 5.41) is 9.02. The second-order valence-electron chi connectivity index (χ2n) is 12.2. The molecule has 1 aromatic heterocycles. The molecule has 0 bridgehead atoms. The van der Waals surface area contributed by atoms with Crippen LogP contribution in [0.3, 0.4) is 0 Å². The SMILES string of the molecule is CN(C)C(CNC(=O)Nc1cc(C(=O)NCC(C)(C)COC(C)(C)C)ccc1N1CCOCC1)c1ccncc1. The van der Waals surface area contributed by atoms with E-state index in [1.165, 1.54) is 0 Å². The van der Waals surface area contributed by atoms with Gasteiger partial charge in [-0.1, -0.05) is 13.8 Å². The van der Waals surface area contributed by atoms with Crippen molar-refractivity contribution in [2.75, 3.05) is 70.3 Å². The van der Waals surface area contributed by atoms with Crippen LogP contribution in [-0.4, -0.2) is 87.5 Å². The molecule has 2 heterocycles. The van der Waals surface area contributed by atoms with Crippen LogP contribution in [0.4, 0.5) is 16.2 Å². The Morgan fingerprint density at radius 1 is 1.05 bits per heavy atom. The zero-order chi connectivity index (χ0) is 29.3. The normalized spacial score (nSPS) is 15.1. The lowest BCUT2D eigenvalue weighted by molar-refractivity contribution is -0.0419. The number of aromatic nitrogens is 1. The molecule has 3 rings (SSSR count). The van der Waals surface area contributed by atoms with Crippen molar-refractivity contribution in [2.45, 2.75) is 46.3 Å². The number of hydrogen-bond donors (Lipinski definition) is 3. The molecular weight excluding hydrogens is 508 g/mol. The molecule has 1 aromatic carbocycles. The predicted octanol–water partition coefficient (Wildman–Crippen LogP) is 3.91. The van der Waals surface area contributed by atoms with Crippen molar-refractivity contribution in [2.24, 2.45) is 5.41 Å². The van der Waals surface area contributed by atoms with Crippen molar-refractivity contribution in [3.8, 4) is 0 Å². The monoisotopic (exact) mass is 554 g/mol. The van der Waals surface area contributed by atoms with E-state index < -0.39 is 0 Å². The molecule has 1 aliphatic heterocycles. The van der Waals surface area contributed by atoms with Crippen molar-refractivity contribution in [3.63, 3.8) is 0 Å². The maximum absolute atomic E-state index is 13.1. The highest BCUT2D eigenvalue weighted by Gasteiger charge is 2.24. The number of morpholine rings is 1. The van der Waals surface area contributed by atoms with Crippen LogP contribution in [0.5, 0.6) is 0 Å².